The van der Waals surface area contributed by atoms with Crippen LogP contribution in [0.15, 0.2) is 0 Å². The van der Waals surface area contributed by atoms with E-state index in [0.717, 1.165) is 6.54 Å². The third-order valence-corrected chi connectivity index (χ3v) is 1.34. The molecule has 5 N–H and O–H groups in total. The number of nitrogens with zero attached hydrogens (tertiary/aromatic N) is 1. The van der Waals surface area contributed by atoms with Gasteiger partial charge in [-0.3, -0.25) is 0 Å². The molecule has 0 spiro atoms. The van der Waals surface area contributed by atoms with Gasteiger partial charge in [-0.2, -0.15) is 0 Å². The Morgan fingerprint density at radius 1 is 0.909 bits per heavy atom. The molecule has 0 aliphatic rings. The lowest BCUT2D eigenvalue weighted by Gasteiger charge is -2.13. The monoisotopic (exact) mass is 163 g/mol. The summed E-state index contributed by atoms with van der Waals surface area (Å²) in [6.07, 6.45) is 0. The molecule has 11 heavy (non-hydrogen) atoms. The summed E-state index contributed by atoms with van der Waals surface area (Å²) in [7, 11) is 0. The molecule has 0 heterocycles. The Kier molecular flexibility index (Phi) is 25.6. The van der Waals surface area contributed by atoms with E-state index in [1.165, 1.54) is 19.6 Å². The third-order valence-electron chi connectivity index (χ3n) is 1.34. The van der Waals surface area contributed by atoms with Crippen molar-refractivity contribution in [2.24, 2.45) is 5.73 Å². The van der Waals surface area contributed by atoms with Gasteiger partial charge in [0.2, 0.25) is 0 Å². The number of hydrogen-bond donors (Lipinski definition) is 2. The fourth-order valence-electron chi connectivity index (χ4n) is 0.671. The lowest BCUT2D eigenvalue weighted by molar-refractivity contribution is 0.321. The molecule has 3 heteroatoms. The van der Waals surface area contributed by atoms with Gasteiger partial charge < -0.3 is 16.8 Å². The maximum absolute atomic E-state index is 4.85. The first-order chi connectivity index (χ1) is 4.76. The van der Waals surface area contributed by atoms with Gasteiger partial charge in [0.1, 0.15) is 0 Å². The molecule has 0 fully saturated rings. The SMILES string of the molecule is CCN.CCN(CC)CC.N. The quantitative estimate of drug-likeness (QED) is 0.662. The second-order valence-corrected chi connectivity index (χ2v) is 2.03. The fourth-order valence-corrected chi connectivity index (χ4v) is 0.671. The van der Waals surface area contributed by atoms with Crippen molar-refractivity contribution in [2.45, 2.75) is 27.7 Å². The molecule has 0 radical (unpaired) electrons. The molecular weight excluding hydrogens is 138 g/mol. The normalized spacial score (nSPS) is 8.18. The lowest BCUT2D eigenvalue weighted by atomic mass is 10.5. The van der Waals surface area contributed by atoms with E-state index in [1.807, 2.05) is 6.92 Å². The predicted octanol–water partition coefficient (Wildman–Crippen LogP) is 1.48. The van der Waals surface area contributed by atoms with E-state index in [2.05, 4.69) is 25.7 Å². The summed E-state index contributed by atoms with van der Waals surface area (Å²) < 4.78 is 0. The summed E-state index contributed by atoms with van der Waals surface area (Å²) in [6.45, 7) is 12.8. The van der Waals surface area contributed by atoms with E-state index in [0.29, 0.717) is 0 Å². The molecule has 0 aromatic rings. The summed E-state index contributed by atoms with van der Waals surface area (Å²) in [4.78, 5) is 2.38. The summed E-state index contributed by atoms with van der Waals surface area (Å²) in [5, 5.41) is 0. The molecule has 0 saturated carbocycles. The van der Waals surface area contributed by atoms with Crippen LogP contribution in [-0.2, 0) is 0 Å². The van der Waals surface area contributed by atoms with Crippen molar-refractivity contribution in [1.82, 2.24) is 11.1 Å². The van der Waals surface area contributed by atoms with Crippen LogP contribution in [-0.4, -0.2) is 31.1 Å². The largest absolute Gasteiger partial charge is 0.344 e. The number of rotatable bonds is 3. The summed E-state index contributed by atoms with van der Waals surface area (Å²) in [5.74, 6) is 0. The van der Waals surface area contributed by atoms with E-state index in [1.54, 1.807) is 0 Å². The van der Waals surface area contributed by atoms with Crippen molar-refractivity contribution in [1.29, 1.82) is 0 Å². The summed E-state index contributed by atoms with van der Waals surface area (Å²) in [6, 6.07) is 0. The molecule has 72 valence electrons. The number of nitrogens with two attached hydrogens (primary N) is 1. The zero-order valence-electron chi connectivity index (χ0n) is 8.56. The van der Waals surface area contributed by atoms with Gasteiger partial charge in [-0.1, -0.05) is 27.7 Å². The maximum Gasteiger partial charge on any atom is -0.00474 e. The topological polar surface area (TPSA) is 64.3 Å². The van der Waals surface area contributed by atoms with Crippen LogP contribution in [0.5, 0.6) is 0 Å². The highest BCUT2D eigenvalue weighted by atomic mass is 15.1. The first-order valence-corrected chi connectivity index (χ1v) is 4.19. The van der Waals surface area contributed by atoms with E-state index < -0.39 is 0 Å². The van der Waals surface area contributed by atoms with Crippen molar-refractivity contribution >= 4 is 0 Å². The maximum atomic E-state index is 4.85. The van der Waals surface area contributed by atoms with Gasteiger partial charge in [0.15, 0.2) is 0 Å². The van der Waals surface area contributed by atoms with Crippen LogP contribution >= 0.6 is 0 Å². The van der Waals surface area contributed by atoms with Crippen LogP contribution in [0.3, 0.4) is 0 Å². The Hall–Kier alpha value is -0.120. The Morgan fingerprint density at radius 3 is 1.09 bits per heavy atom. The Morgan fingerprint density at radius 2 is 1.09 bits per heavy atom. The molecule has 0 unspecified atom stereocenters. The average Bonchev–Trinajstić information content (AvgIpc) is 1.93. The van der Waals surface area contributed by atoms with E-state index in [-0.39, 0.29) is 6.15 Å². The molecule has 0 amide bonds. The van der Waals surface area contributed by atoms with Gasteiger partial charge in [-0.05, 0) is 26.2 Å². The molecular formula is C8H25N3. The fraction of sp³-hybridized carbons (Fsp3) is 1.00. The van der Waals surface area contributed by atoms with Gasteiger partial charge in [-0.15, -0.1) is 0 Å². The predicted molar refractivity (Wildman–Crippen MR) is 53.2 cm³/mol. The Bertz CT molecular complexity index is 39.1. The highest BCUT2D eigenvalue weighted by Crippen LogP contribution is 1.81. The molecule has 0 aromatic carbocycles. The van der Waals surface area contributed by atoms with Crippen LogP contribution in [0.1, 0.15) is 27.7 Å². The van der Waals surface area contributed by atoms with Crippen LogP contribution in [0, 0.1) is 0 Å². The first kappa shape index (κ1) is 17.1. The Balaban J connectivity index is -0.000000140. The van der Waals surface area contributed by atoms with Crippen LogP contribution in [0.2, 0.25) is 0 Å². The second kappa shape index (κ2) is 16.5. The number of hydrogen-bond acceptors (Lipinski definition) is 3. The highest BCUT2D eigenvalue weighted by molar-refractivity contribution is 4.43. The summed E-state index contributed by atoms with van der Waals surface area (Å²) in [5.41, 5.74) is 4.85. The second-order valence-electron chi connectivity index (χ2n) is 2.03. The van der Waals surface area contributed by atoms with Crippen LogP contribution < -0.4 is 11.9 Å². The van der Waals surface area contributed by atoms with Gasteiger partial charge in [0.05, 0.1) is 0 Å². The van der Waals surface area contributed by atoms with E-state index in [4.69, 9.17) is 5.73 Å². The minimum atomic E-state index is 0. The van der Waals surface area contributed by atoms with E-state index in [9.17, 15) is 0 Å². The van der Waals surface area contributed by atoms with Crippen molar-refractivity contribution < 1.29 is 0 Å². The smallest absolute Gasteiger partial charge is 0.00474 e. The molecule has 0 bridgehead atoms. The van der Waals surface area contributed by atoms with Crippen LogP contribution in [0.25, 0.3) is 0 Å². The minimum Gasteiger partial charge on any atom is -0.344 e. The zero-order chi connectivity index (χ0) is 8.41. The zero-order valence-corrected chi connectivity index (χ0v) is 8.56. The van der Waals surface area contributed by atoms with E-state index >= 15 is 0 Å². The highest BCUT2D eigenvalue weighted by Gasteiger charge is 1.89. The third kappa shape index (κ3) is 17.7. The molecule has 0 atom stereocenters. The van der Waals surface area contributed by atoms with Crippen molar-refractivity contribution in [3.63, 3.8) is 0 Å². The average molecular weight is 163 g/mol. The van der Waals surface area contributed by atoms with Crippen LogP contribution in [0.4, 0.5) is 0 Å². The Labute approximate surface area is 71.5 Å². The van der Waals surface area contributed by atoms with Gasteiger partial charge in [-0.25, -0.2) is 0 Å². The standard InChI is InChI=1S/C6H15N.C2H7N.H3N/c1-4-7(5-2)6-3;1-2-3;/h4-6H2,1-3H3;2-3H2,1H3;1H3. The molecule has 0 saturated heterocycles. The molecule has 3 nitrogen and oxygen atoms in total. The minimum absolute atomic E-state index is 0. The van der Waals surface area contributed by atoms with Crippen molar-refractivity contribution in [2.75, 3.05) is 26.2 Å². The van der Waals surface area contributed by atoms with Crippen molar-refractivity contribution in [3.8, 4) is 0 Å². The molecule has 0 aliphatic heterocycles. The van der Waals surface area contributed by atoms with Crippen molar-refractivity contribution in [3.05, 3.63) is 0 Å². The van der Waals surface area contributed by atoms with Gasteiger partial charge in [0, 0.05) is 0 Å². The molecule has 0 rings (SSSR count). The van der Waals surface area contributed by atoms with Gasteiger partial charge in [0.25, 0.3) is 0 Å². The summed E-state index contributed by atoms with van der Waals surface area (Å²) >= 11 is 0. The molecule has 0 aromatic heterocycles. The lowest BCUT2D eigenvalue weighted by Crippen LogP contribution is -2.21. The first-order valence-electron chi connectivity index (χ1n) is 4.19. The van der Waals surface area contributed by atoms with Gasteiger partial charge >= 0.3 is 0 Å². The molecule has 0 aliphatic carbocycles.